The van der Waals surface area contributed by atoms with Crippen LogP contribution in [0.5, 0.6) is 0 Å². The Morgan fingerprint density at radius 1 is 1.05 bits per heavy atom. The first-order valence-corrected chi connectivity index (χ1v) is 13.1. The molecular weight excluding hydrogens is 541 g/mol. The van der Waals surface area contributed by atoms with Crippen LogP contribution in [0.2, 0.25) is 0 Å². The lowest BCUT2D eigenvalue weighted by atomic mass is 10.1. The first kappa shape index (κ1) is 27.1. The Labute approximate surface area is 231 Å². The van der Waals surface area contributed by atoms with Crippen LogP contribution in [-0.2, 0) is 6.18 Å². The molecule has 0 aliphatic rings. The average Bonchev–Trinajstić information content (AvgIpc) is 3.65. The maximum atomic E-state index is 13.6. The summed E-state index contributed by atoms with van der Waals surface area (Å²) in [6.07, 6.45) is 1.84. The molecule has 0 saturated carbocycles. The van der Waals surface area contributed by atoms with Crippen molar-refractivity contribution in [2.75, 3.05) is 10.6 Å². The number of amides is 1. The van der Waals surface area contributed by atoms with Gasteiger partial charge in [0.05, 0.1) is 34.3 Å². The minimum atomic E-state index is -4.63. The topological polar surface area (TPSA) is 103 Å². The number of imidazole rings is 1. The highest BCUT2D eigenvalue weighted by Gasteiger charge is 2.32. The molecule has 0 aliphatic heterocycles. The SMILES string of the molecule is Cc1cn(-c2cc(C(=O)Nc3ccc(C)c(-n4cc(-c5cnc(NC(C)C)s5)nn4)c3)cc(C(F)(F)F)c2)cn1. The number of halogens is 3. The van der Waals surface area contributed by atoms with Gasteiger partial charge in [0.2, 0.25) is 0 Å². The zero-order chi connectivity index (χ0) is 28.6. The molecule has 0 bridgehead atoms. The number of carbonyl (C=O) groups is 1. The summed E-state index contributed by atoms with van der Waals surface area (Å²) >= 11 is 1.46. The Morgan fingerprint density at radius 2 is 1.85 bits per heavy atom. The minimum absolute atomic E-state index is 0.141. The number of nitrogens with one attached hydrogen (secondary N) is 2. The summed E-state index contributed by atoms with van der Waals surface area (Å²) in [5.41, 5.74) is 2.27. The number of nitrogens with zero attached hydrogens (tertiary/aromatic N) is 6. The van der Waals surface area contributed by atoms with E-state index in [1.165, 1.54) is 28.3 Å². The number of aromatic nitrogens is 6. The standard InChI is InChI=1S/C27H25F3N8OS/c1-15(2)33-26-31-11-24(40-26)22-13-38(36-35-22)23-10-20(6-5-16(23)3)34-25(39)18-7-19(27(28,29)30)9-21(8-18)37-12-17(4)32-14-37/h5-15H,1-4H3,(H,31,33)(H,34,39). The summed E-state index contributed by atoms with van der Waals surface area (Å²) in [5, 5.41) is 15.2. The van der Waals surface area contributed by atoms with E-state index in [1.54, 1.807) is 48.4 Å². The van der Waals surface area contributed by atoms with Gasteiger partial charge in [-0.1, -0.05) is 22.6 Å². The van der Waals surface area contributed by atoms with Crippen molar-refractivity contribution in [3.8, 4) is 21.9 Å². The minimum Gasteiger partial charge on any atom is -0.359 e. The number of hydrogen-bond donors (Lipinski definition) is 2. The predicted molar refractivity (Wildman–Crippen MR) is 147 cm³/mol. The van der Waals surface area contributed by atoms with Crippen LogP contribution < -0.4 is 10.6 Å². The van der Waals surface area contributed by atoms with Crippen LogP contribution in [0.1, 0.15) is 41.0 Å². The van der Waals surface area contributed by atoms with Crippen LogP contribution in [0.3, 0.4) is 0 Å². The van der Waals surface area contributed by atoms with E-state index in [9.17, 15) is 18.0 Å². The van der Waals surface area contributed by atoms with Crippen molar-refractivity contribution in [2.24, 2.45) is 0 Å². The number of benzene rings is 2. The fourth-order valence-corrected chi connectivity index (χ4v) is 4.87. The highest BCUT2D eigenvalue weighted by Crippen LogP contribution is 2.32. The van der Waals surface area contributed by atoms with Crippen LogP contribution in [-0.4, -0.2) is 41.5 Å². The molecular formula is C27H25F3N8OS. The second kappa shape index (κ2) is 10.6. The first-order chi connectivity index (χ1) is 19.0. The van der Waals surface area contributed by atoms with Gasteiger partial charge in [0.15, 0.2) is 5.13 Å². The van der Waals surface area contributed by atoms with E-state index in [0.29, 0.717) is 22.8 Å². The molecule has 3 heterocycles. The molecule has 5 rings (SSSR count). The zero-order valence-electron chi connectivity index (χ0n) is 22.0. The highest BCUT2D eigenvalue weighted by molar-refractivity contribution is 7.18. The quantitative estimate of drug-likeness (QED) is 0.240. The number of rotatable bonds is 7. The first-order valence-electron chi connectivity index (χ1n) is 12.3. The summed E-state index contributed by atoms with van der Waals surface area (Å²) in [7, 11) is 0. The van der Waals surface area contributed by atoms with E-state index in [4.69, 9.17) is 0 Å². The van der Waals surface area contributed by atoms with Crippen molar-refractivity contribution in [1.82, 2.24) is 29.5 Å². The van der Waals surface area contributed by atoms with Gasteiger partial charge in [0.25, 0.3) is 5.91 Å². The number of anilines is 2. The van der Waals surface area contributed by atoms with Crippen molar-refractivity contribution in [3.05, 3.63) is 83.7 Å². The molecule has 2 aromatic carbocycles. The lowest BCUT2D eigenvalue weighted by Gasteiger charge is -2.14. The molecule has 0 aliphatic carbocycles. The normalized spacial score (nSPS) is 11.7. The monoisotopic (exact) mass is 566 g/mol. The van der Waals surface area contributed by atoms with Gasteiger partial charge in [-0.15, -0.1) is 5.10 Å². The molecule has 2 N–H and O–H groups in total. The van der Waals surface area contributed by atoms with Crippen LogP contribution in [0, 0.1) is 13.8 Å². The molecule has 13 heteroatoms. The Morgan fingerprint density at radius 3 is 2.55 bits per heavy atom. The van der Waals surface area contributed by atoms with Crippen molar-refractivity contribution >= 4 is 28.1 Å². The van der Waals surface area contributed by atoms with Gasteiger partial charge in [-0.2, -0.15) is 13.2 Å². The zero-order valence-corrected chi connectivity index (χ0v) is 22.8. The van der Waals surface area contributed by atoms with Crippen molar-refractivity contribution < 1.29 is 18.0 Å². The van der Waals surface area contributed by atoms with E-state index in [2.05, 4.69) is 30.9 Å². The number of hydrogen-bond acceptors (Lipinski definition) is 7. The Kier molecular flexibility index (Phi) is 7.15. The van der Waals surface area contributed by atoms with E-state index in [0.717, 1.165) is 27.7 Å². The summed E-state index contributed by atoms with van der Waals surface area (Å²) in [5.74, 6) is -0.687. The maximum Gasteiger partial charge on any atom is 0.416 e. The highest BCUT2D eigenvalue weighted by atomic mass is 32.1. The van der Waals surface area contributed by atoms with Gasteiger partial charge in [-0.3, -0.25) is 4.79 Å². The Balaban J connectivity index is 1.41. The van der Waals surface area contributed by atoms with Gasteiger partial charge < -0.3 is 15.2 Å². The fourth-order valence-electron chi connectivity index (χ4n) is 3.96. The molecule has 5 aromatic rings. The maximum absolute atomic E-state index is 13.6. The van der Waals surface area contributed by atoms with E-state index >= 15 is 0 Å². The van der Waals surface area contributed by atoms with Crippen LogP contribution in [0.25, 0.3) is 21.9 Å². The largest absolute Gasteiger partial charge is 0.416 e. The molecule has 0 spiro atoms. The third-order valence-corrected chi connectivity index (χ3v) is 6.85. The van der Waals surface area contributed by atoms with E-state index < -0.39 is 17.6 Å². The van der Waals surface area contributed by atoms with Crippen LogP contribution >= 0.6 is 11.3 Å². The molecule has 40 heavy (non-hydrogen) atoms. The smallest absolute Gasteiger partial charge is 0.359 e. The second-order valence-corrected chi connectivity index (χ2v) is 10.6. The average molecular weight is 567 g/mol. The van der Waals surface area contributed by atoms with Crippen LogP contribution in [0.15, 0.2) is 61.3 Å². The molecule has 206 valence electrons. The molecule has 0 saturated heterocycles. The van der Waals surface area contributed by atoms with Crippen molar-refractivity contribution in [3.63, 3.8) is 0 Å². The third kappa shape index (κ3) is 5.88. The lowest BCUT2D eigenvalue weighted by Crippen LogP contribution is -2.15. The molecule has 9 nitrogen and oxygen atoms in total. The fraction of sp³-hybridized carbons (Fsp3) is 0.222. The second-order valence-electron chi connectivity index (χ2n) is 9.52. The Bertz CT molecular complexity index is 1680. The summed E-state index contributed by atoms with van der Waals surface area (Å²) in [6, 6.07) is 8.60. The van der Waals surface area contributed by atoms with E-state index in [-0.39, 0.29) is 17.3 Å². The number of alkyl halides is 3. The lowest BCUT2D eigenvalue weighted by molar-refractivity contribution is -0.137. The van der Waals surface area contributed by atoms with Gasteiger partial charge in [0.1, 0.15) is 5.69 Å². The summed E-state index contributed by atoms with van der Waals surface area (Å²) in [6.45, 7) is 7.66. The number of thiazole rings is 1. The Hall–Kier alpha value is -4.52. The number of aryl methyl sites for hydroxylation is 2. The molecule has 0 radical (unpaired) electrons. The van der Waals surface area contributed by atoms with Crippen LogP contribution in [0.4, 0.5) is 24.0 Å². The molecule has 0 atom stereocenters. The molecule has 3 aromatic heterocycles. The summed E-state index contributed by atoms with van der Waals surface area (Å²) in [4.78, 5) is 22.4. The van der Waals surface area contributed by atoms with Crippen molar-refractivity contribution in [2.45, 2.75) is 39.9 Å². The van der Waals surface area contributed by atoms with E-state index in [1.807, 2.05) is 20.8 Å². The molecule has 0 fully saturated rings. The number of carbonyl (C=O) groups excluding carboxylic acids is 1. The van der Waals surface area contributed by atoms with Crippen molar-refractivity contribution in [1.29, 1.82) is 0 Å². The van der Waals surface area contributed by atoms with Gasteiger partial charge >= 0.3 is 6.18 Å². The van der Waals surface area contributed by atoms with Gasteiger partial charge in [-0.25, -0.2) is 14.6 Å². The molecule has 0 unspecified atom stereocenters. The van der Waals surface area contributed by atoms with Gasteiger partial charge in [-0.05, 0) is 63.6 Å². The molecule has 1 amide bonds. The summed E-state index contributed by atoms with van der Waals surface area (Å²) < 4.78 is 44.0. The third-order valence-electron chi connectivity index (χ3n) is 5.89. The van der Waals surface area contributed by atoms with Gasteiger partial charge in [0, 0.05) is 35.4 Å². The predicted octanol–water partition coefficient (Wildman–Crippen LogP) is 6.28.